The summed E-state index contributed by atoms with van der Waals surface area (Å²) in [4.78, 5) is 6.73. The predicted molar refractivity (Wildman–Crippen MR) is 139 cm³/mol. The highest BCUT2D eigenvalue weighted by Crippen LogP contribution is 2.74. The van der Waals surface area contributed by atoms with Crippen LogP contribution in [0.15, 0.2) is 60.0 Å². The van der Waals surface area contributed by atoms with Crippen LogP contribution in [-0.2, 0) is 10.2 Å². The molecule has 4 aliphatic carbocycles. The zero-order chi connectivity index (χ0) is 24.8. The number of aromatic nitrogens is 1. The molecule has 1 saturated heterocycles. The molecular weight excluding hydrogens is 448 g/mol. The molecule has 1 aromatic carbocycles. The third-order valence-corrected chi connectivity index (χ3v) is 11.4. The van der Waals surface area contributed by atoms with Crippen molar-refractivity contribution >= 4 is 16.3 Å². The van der Waals surface area contributed by atoms with Crippen LogP contribution in [0.25, 0.3) is 16.3 Å². The van der Waals surface area contributed by atoms with Crippen LogP contribution in [0.1, 0.15) is 50.7 Å². The lowest BCUT2D eigenvalue weighted by Crippen LogP contribution is -2.64. The van der Waals surface area contributed by atoms with Crippen molar-refractivity contribution in [1.82, 2.24) is 9.88 Å². The summed E-state index contributed by atoms with van der Waals surface area (Å²) in [6, 6.07) is 6.49. The number of hydrogen-bond acceptors (Lipinski definition) is 5. The molecule has 2 aliphatic heterocycles. The summed E-state index contributed by atoms with van der Waals surface area (Å²) < 4.78 is 7.35. The van der Waals surface area contributed by atoms with Crippen molar-refractivity contribution in [2.45, 2.75) is 74.4 Å². The topological polar surface area (TPSA) is 65.8 Å². The first kappa shape index (κ1) is 21.7. The molecular formula is C31H34N2O3. The number of ether oxygens (including phenoxy) is 1. The summed E-state index contributed by atoms with van der Waals surface area (Å²) in [7, 11) is 3.97. The van der Waals surface area contributed by atoms with Crippen LogP contribution in [0.3, 0.4) is 0 Å². The number of aliphatic hydroxyl groups is 2. The molecule has 2 fully saturated rings. The molecule has 2 N–H and O–H groups in total. The molecule has 5 heteroatoms. The minimum Gasteiger partial charge on any atom is -0.388 e. The SMILES string of the molecule is CN(C)C1CC23CCC4(O2)C(=CC2(C)c5cncc6cccc(c56)C5=CCC4C52C)C=C3C(O)C1O. The molecule has 3 heterocycles. The minimum atomic E-state index is -0.918. The van der Waals surface area contributed by atoms with E-state index in [9.17, 15) is 10.2 Å². The lowest BCUT2D eigenvalue weighted by atomic mass is 9.44. The monoisotopic (exact) mass is 482 g/mol. The first-order chi connectivity index (χ1) is 17.2. The maximum absolute atomic E-state index is 11.4. The van der Waals surface area contributed by atoms with E-state index in [0.29, 0.717) is 12.3 Å². The maximum atomic E-state index is 11.4. The summed E-state index contributed by atoms with van der Waals surface area (Å²) in [5, 5.41) is 24.9. The Balaban J connectivity index is 1.40. The van der Waals surface area contributed by atoms with Crippen LogP contribution < -0.4 is 0 Å². The number of pyridine rings is 1. The third-order valence-electron chi connectivity index (χ3n) is 11.4. The van der Waals surface area contributed by atoms with Crippen LogP contribution >= 0.6 is 0 Å². The van der Waals surface area contributed by atoms with E-state index in [4.69, 9.17) is 4.74 Å². The molecule has 5 nitrogen and oxygen atoms in total. The van der Waals surface area contributed by atoms with Crippen molar-refractivity contribution in [2.75, 3.05) is 14.1 Å². The number of fused-ring (bicyclic) bond motifs is 2. The van der Waals surface area contributed by atoms with Gasteiger partial charge in [0.2, 0.25) is 0 Å². The number of allylic oxidation sites excluding steroid dienone is 3. The number of likely N-dealkylation sites (N-methyl/N-ethyl adjacent to an activating group) is 1. The van der Waals surface area contributed by atoms with Gasteiger partial charge in [-0.05, 0) is 73.0 Å². The first-order valence-electron chi connectivity index (χ1n) is 13.4. The summed E-state index contributed by atoms with van der Waals surface area (Å²) in [6.45, 7) is 4.85. The highest BCUT2D eigenvalue weighted by Gasteiger charge is 2.72. The minimum absolute atomic E-state index is 0.120. The second kappa shape index (κ2) is 6.39. The third kappa shape index (κ3) is 2.12. The lowest BCUT2D eigenvalue weighted by Gasteiger charge is -2.62. The first-order valence-corrected chi connectivity index (χ1v) is 13.4. The van der Waals surface area contributed by atoms with Crippen molar-refractivity contribution in [3.63, 3.8) is 0 Å². The van der Waals surface area contributed by atoms with E-state index in [1.807, 2.05) is 25.2 Å². The van der Waals surface area contributed by atoms with Crippen molar-refractivity contribution < 1.29 is 14.9 Å². The van der Waals surface area contributed by atoms with Gasteiger partial charge in [0.25, 0.3) is 0 Å². The fraction of sp³-hybridized carbons (Fsp3) is 0.516. The highest BCUT2D eigenvalue weighted by molar-refractivity contribution is 6.01. The molecule has 1 aromatic heterocycles. The van der Waals surface area contributed by atoms with Gasteiger partial charge in [-0.25, -0.2) is 0 Å². The van der Waals surface area contributed by atoms with E-state index in [2.05, 4.69) is 61.5 Å². The van der Waals surface area contributed by atoms with Crippen LogP contribution in [0, 0.1) is 11.3 Å². The summed E-state index contributed by atoms with van der Waals surface area (Å²) >= 11 is 0. The van der Waals surface area contributed by atoms with Gasteiger partial charge >= 0.3 is 0 Å². The van der Waals surface area contributed by atoms with Gasteiger partial charge < -0.3 is 19.8 Å². The van der Waals surface area contributed by atoms with Gasteiger partial charge in [-0.15, -0.1) is 0 Å². The molecule has 8 atom stereocenters. The van der Waals surface area contributed by atoms with Gasteiger partial charge in [0.05, 0.1) is 17.3 Å². The molecule has 8 unspecified atom stereocenters. The van der Waals surface area contributed by atoms with E-state index in [0.717, 1.165) is 24.8 Å². The molecule has 8 rings (SSSR count). The van der Waals surface area contributed by atoms with Crippen molar-refractivity contribution in [3.05, 3.63) is 71.1 Å². The van der Waals surface area contributed by atoms with Gasteiger partial charge in [-0.3, -0.25) is 4.98 Å². The summed E-state index contributed by atoms with van der Waals surface area (Å²) in [5.41, 5.74) is 4.90. The maximum Gasteiger partial charge on any atom is 0.105 e. The largest absolute Gasteiger partial charge is 0.388 e. The standard InChI is InChI=1S/C31H34N2O3/c1-28-13-18-12-21-26(34)27(35)23(33(3)4)14-30(21)10-11-31(18,36-30)24-9-8-20(29(24,28)2)19-7-5-6-17-15-32-16-22(28)25(17)19/h5-8,12-13,15-16,23-24,26-27,34-35H,9-11,14H2,1-4H3. The number of rotatable bonds is 1. The number of aliphatic hydroxyl groups excluding tert-OH is 2. The van der Waals surface area contributed by atoms with E-state index in [1.54, 1.807) is 0 Å². The van der Waals surface area contributed by atoms with E-state index in [-0.39, 0.29) is 22.5 Å². The molecule has 2 spiro atoms. The average Bonchev–Trinajstić information content (AvgIpc) is 3.38. The molecule has 2 aromatic rings. The molecule has 36 heavy (non-hydrogen) atoms. The number of nitrogens with zero attached hydrogens (tertiary/aromatic N) is 2. The Morgan fingerprint density at radius 3 is 2.75 bits per heavy atom. The Morgan fingerprint density at radius 2 is 1.94 bits per heavy atom. The Kier molecular flexibility index (Phi) is 3.86. The molecule has 6 aliphatic rings. The van der Waals surface area contributed by atoms with E-state index < -0.39 is 17.8 Å². The number of benzene rings is 1. The molecule has 2 bridgehead atoms. The van der Waals surface area contributed by atoms with Gasteiger partial charge in [-0.1, -0.05) is 50.3 Å². The van der Waals surface area contributed by atoms with Gasteiger partial charge in [0, 0.05) is 40.6 Å². The normalized spacial score (nSPS) is 45.6. The van der Waals surface area contributed by atoms with E-state index >= 15 is 0 Å². The van der Waals surface area contributed by atoms with Crippen molar-refractivity contribution in [3.8, 4) is 0 Å². The van der Waals surface area contributed by atoms with Gasteiger partial charge in [0.15, 0.2) is 0 Å². The zero-order valence-electron chi connectivity index (χ0n) is 21.5. The van der Waals surface area contributed by atoms with Gasteiger partial charge in [0.1, 0.15) is 6.10 Å². The predicted octanol–water partition coefficient (Wildman–Crippen LogP) is 4.14. The van der Waals surface area contributed by atoms with Crippen LogP contribution in [-0.4, -0.2) is 63.6 Å². The molecule has 0 radical (unpaired) electrons. The van der Waals surface area contributed by atoms with Crippen LogP contribution in [0.4, 0.5) is 0 Å². The fourth-order valence-corrected chi connectivity index (χ4v) is 9.46. The van der Waals surface area contributed by atoms with E-state index in [1.165, 1.54) is 33.0 Å². The Bertz CT molecular complexity index is 1450. The summed E-state index contributed by atoms with van der Waals surface area (Å²) in [5.74, 6) is 0.299. The van der Waals surface area contributed by atoms with Crippen molar-refractivity contribution in [1.29, 1.82) is 0 Å². The molecule has 186 valence electrons. The smallest absolute Gasteiger partial charge is 0.105 e. The summed E-state index contributed by atoms with van der Waals surface area (Å²) in [6.07, 6.45) is 13.0. The zero-order valence-corrected chi connectivity index (χ0v) is 21.5. The number of hydrogen-bond donors (Lipinski definition) is 2. The van der Waals surface area contributed by atoms with Crippen LogP contribution in [0.2, 0.25) is 0 Å². The highest BCUT2D eigenvalue weighted by atomic mass is 16.5. The second-order valence-electron chi connectivity index (χ2n) is 12.8. The van der Waals surface area contributed by atoms with Crippen LogP contribution in [0.5, 0.6) is 0 Å². The second-order valence-corrected chi connectivity index (χ2v) is 12.8. The fourth-order valence-electron chi connectivity index (χ4n) is 9.46. The Labute approximate surface area is 212 Å². The molecule has 1 saturated carbocycles. The van der Waals surface area contributed by atoms with Gasteiger partial charge in [-0.2, -0.15) is 0 Å². The average molecular weight is 483 g/mol. The Morgan fingerprint density at radius 1 is 1.11 bits per heavy atom. The molecule has 0 amide bonds. The lowest BCUT2D eigenvalue weighted by molar-refractivity contribution is -0.166. The quantitative estimate of drug-likeness (QED) is 0.640. The Hall–Kier alpha value is -2.31. The van der Waals surface area contributed by atoms with Crippen molar-refractivity contribution in [2.24, 2.45) is 11.3 Å².